The SMILES string of the molecule is COc1ccc(-c2cc(C(=O)N3CCC(CN)C3)c3ccccc3n2)cc1.Cl.Cl. The Hall–Kier alpha value is -2.34. The van der Waals surface area contributed by atoms with Gasteiger partial charge in [-0.05, 0) is 55.3 Å². The number of fused-ring (bicyclic) bond motifs is 1. The maximum atomic E-state index is 13.2. The molecule has 1 saturated heterocycles. The molecule has 29 heavy (non-hydrogen) atoms. The van der Waals surface area contributed by atoms with E-state index in [-0.39, 0.29) is 30.7 Å². The largest absolute Gasteiger partial charge is 0.497 e. The Morgan fingerprint density at radius 1 is 1.17 bits per heavy atom. The van der Waals surface area contributed by atoms with E-state index >= 15 is 0 Å². The fraction of sp³-hybridized carbons (Fsp3) is 0.273. The summed E-state index contributed by atoms with van der Waals surface area (Å²) < 4.78 is 5.23. The summed E-state index contributed by atoms with van der Waals surface area (Å²) in [6.07, 6.45) is 0.969. The molecule has 1 unspecified atom stereocenters. The van der Waals surface area contributed by atoms with Crippen molar-refractivity contribution in [3.63, 3.8) is 0 Å². The number of amides is 1. The first-order chi connectivity index (χ1) is 13.2. The molecule has 2 N–H and O–H groups in total. The van der Waals surface area contributed by atoms with Crippen LogP contribution in [0.15, 0.2) is 54.6 Å². The highest BCUT2D eigenvalue weighted by Gasteiger charge is 2.27. The Morgan fingerprint density at radius 3 is 2.55 bits per heavy atom. The van der Waals surface area contributed by atoms with Crippen LogP contribution in [0.5, 0.6) is 5.75 Å². The predicted octanol–water partition coefficient (Wildman–Crippen LogP) is 4.17. The molecule has 0 bridgehead atoms. The molecule has 154 valence electrons. The summed E-state index contributed by atoms with van der Waals surface area (Å²) >= 11 is 0. The molecular formula is C22H25Cl2N3O2. The predicted molar refractivity (Wildman–Crippen MR) is 121 cm³/mol. The molecule has 0 aliphatic carbocycles. The van der Waals surface area contributed by atoms with E-state index in [4.69, 9.17) is 15.5 Å². The van der Waals surface area contributed by atoms with Gasteiger partial charge in [0, 0.05) is 24.0 Å². The minimum atomic E-state index is 0. The van der Waals surface area contributed by atoms with Crippen molar-refractivity contribution in [2.45, 2.75) is 6.42 Å². The average molecular weight is 434 g/mol. The van der Waals surface area contributed by atoms with Gasteiger partial charge in [-0.15, -0.1) is 24.8 Å². The second-order valence-corrected chi connectivity index (χ2v) is 6.94. The lowest BCUT2D eigenvalue weighted by atomic mass is 10.0. The van der Waals surface area contributed by atoms with Crippen LogP contribution in [0.3, 0.4) is 0 Å². The third-order valence-electron chi connectivity index (χ3n) is 5.24. The Labute approximate surface area is 183 Å². The molecule has 7 heteroatoms. The van der Waals surface area contributed by atoms with E-state index in [9.17, 15) is 4.79 Å². The van der Waals surface area contributed by atoms with Crippen LogP contribution in [0.4, 0.5) is 0 Å². The number of benzene rings is 2. The van der Waals surface area contributed by atoms with Crippen molar-refractivity contribution in [1.82, 2.24) is 9.88 Å². The van der Waals surface area contributed by atoms with Crippen molar-refractivity contribution in [3.8, 4) is 17.0 Å². The van der Waals surface area contributed by atoms with Crippen LogP contribution in [0.25, 0.3) is 22.2 Å². The molecule has 0 radical (unpaired) electrons. The van der Waals surface area contributed by atoms with E-state index in [0.29, 0.717) is 18.0 Å². The summed E-state index contributed by atoms with van der Waals surface area (Å²) in [5.74, 6) is 1.24. The number of pyridine rings is 1. The number of hydrogen-bond donors (Lipinski definition) is 1. The van der Waals surface area contributed by atoms with Crippen molar-refractivity contribution in [1.29, 1.82) is 0 Å². The first kappa shape index (κ1) is 22.9. The van der Waals surface area contributed by atoms with Crippen LogP contribution < -0.4 is 10.5 Å². The van der Waals surface area contributed by atoms with Gasteiger partial charge in [-0.25, -0.2) is 4.98 Å². The van der Waals surface area contributed by atoms with Crippen LogP contribution in [-0.2, 0) is 0 Å². The number of carbonyl (C=O) groups excluding carboxylic acids is 1. The van der Waals surface area contributed by atoms with Crippen LogP contribution in [0.1, 0.15) is 16.8 Å². The maximum Gasteiger partial charge on any atom is 0.254 e. The molecule has 2 heterocycles. The standard InChI is InChI=1S/C22H23N3O2.2ClH/c1-27-17-8-6-16(7-9-17)21-12-19(18-4-2-3-5-20(18)24-21)22(26)25-11-10-15(13-23)14-25;;/h2-9,12,15H,10-11,13-14,23H2,1H3;2*1H. The lowest BCUT2D eigenvalue weighted by Gasteiger charge is -2.18. The van der Waals surface area contributed by atoms with Gasteiger partial charge in [0.15, 0.2) is 0 Å². The van der Waals surface area contributed by atoms with Crippen molar-refractivity contribution >= 4 is 41.6 Å². The molecule has 4 rings (SSSR count). The number of carbonyl (C=O) groups is 1. The Morgan fingerprint density at radius 2 is 1.90 bits per heavy atom. The number of hydrogen-bond acceptors (Lipinski definition) is 4. The molecule has 1 fully saturated rings. The summed E-state index contributed by atoms with van der Waals surface area (Å²) in [6.45, 7) is 2.11. The minimum absolute atomic E-state index is 0. The number of aromatic nitrogens is 1. The second-order valence-electron chi connectivity index (χ2n) is 6.94. The zero-order chi connectivity index (χ0) is 18.8. The summed E-state index contributed by atoms with van der Waals surface area (Å²) in [5, 5.41) is 0.885. The maximum absolute atomic E-state index is 13.2. The molecule has 0 saturated carbocycles. The van der Waals surface area contributed by atoms with Gasteiger partial charge in [0.25, 0.3) is 5.91 Å². The lowest BCUT2D eigenvalue weighted by Crippen LogP contribution is -2.30. The molecule has 0 spiro atoms. The molecule has 1 atom stereocenters. The molecule has 1 aliphatic heterocycles. The van der Waals surface area contributed by atoms with Gasteiger partial charge in [0.1, 0.15) is 5.75 Å². The van der Waals surface area contributed by atoms with E-state index in [2.05, 4.69) is 0 Å². The monoisotopic (exact) mass is 433 g/mol. The molecule has 5 nitrogen and oxygen atoms in total. The van der Waals surface area contributed by atoms with Gasteiger partial charge >= 0.3 is 0 Å². The molecule has 3 aromatic rings. The number of rotatable bonds is 4. The first-order valence-electron chi connectivity index (χ1n) is 9.23. The Balaban J connectivity index is 0.00000150. The number of likely N-dealkylation sites (tertiary alicyclic amines) is 1. The zero-order valence-corrected chi connectivity index (χ0v) is 17.8. The third-order valence-corrected chi connectivity index (χ3v) is 5.24. The number of ether oxygens (including phenoxy) is 1. The molecule has 1 aromatic heterocycles. The molecule has 1 aliphatic rings. The minimum Gasteiger partial charge on any atom is -0.497 e. The summed E-state index contributed by atoms with van der Waals surface area (Å²) in [6, 6.07) is 17.4. The normalized spacial score (nSPS) is 15.5. The first-order valence-corrected chi connectivity index (χ1v) is 9.23. The van der Waals surface area contributed by atoms with Crippen LogP contribution in [0, 0.1) is 5.92 Å². The fourth-order valence-corrected chi connectivity index (χ4v) is 3.64. The highest BCUT2D eigenvalue weighted by atomic mass is 35.5. The van der Waals surface area contributed by atoms with Crippen LogP contribution in [0.2, 0.25) is 0 Å². The highest BCUT2D eigenvalue weighted by Crippen LogP contribution is 2.28. The molecule has 2 aromatic carbocycles. The van der Waals surface area contributed by atoms with Gasteiger partial charge < -0.3 is 15.4 Å². The molecular weight excluding hydrogens is 409 g/mol. The average Bonchev–Trinajstić information content (AvgIpc) is 3.22. The zero-order valence-electron chi connectivity index (χ0n) is 16.2. The Kier molecular flexibility index (Phi) is 7.85. The Bertz CT molecular complexity index is 979. The van der Waals surface area contributed by atoms with E-state index in [0.717, 1.165) is 47.4 Å². The van der Waals surface area contributed by atoms with Gasteiger partial charge in [-0.1, -0.05) is 18.2 Å². The van der Waals surface area contributed by atoms with Crippen molar-refractivity contribution in [3.05, 3.63) is 60.2 Å². The van der Waals surface area contributed by atoms with Gasteiger partial charge in [-0.3, -0.25) is 4.79 Å². The van der Waals surface area contributed by atoms with Gasteiger partial charge in [-0.2, -0.15) is 0 Å². The second kappa shape index (κ2) is 9.92. The summed E-state index contributed by atoms with van der Waals surface area (Å²) in [4.78, 5) is 19.9. The van der Waals surface area contributed by atoms with E-state index < -0.39 is 0 Å². The number of nitrogens with zero attached hydrogens (tertiary/aromatic N) is 2. The third kappa shape index (κ3) is 4.64. The quantitative estimate of drug-likeness (QED) is 0.669. The fourth-order valence-electron chi connectivity index (χ4n) is 3.64. The van der Waals surface area contributed by atoms with Crippen molar-refractivity contribution < 1.29 is 9.53 Å². The highest BCUT2D eigenvalue weighted by molar-refractivity contribution is 6.07. The number of halogens is 2. The van der Waals surface area contributed by atoms with E-state index in [1.54, 1.807) is 7.11 Å². The van der Waals surface area contributed by atoms with Crippen LogP contribution >= 0.6 is 24.8 Å². The summed E-state index contributed by atoms with van der Waals surface area (Å²) in [7, 11) is 1.64. The van der Waals surface area contributed by atoms with Crippen LogP contribution in [-0.4, -0.2) is 42.5 Å². The topological polar surface area (TPSA) is 68.5 Å². The van der Waals surface area contributed by atoms with E-state index in [1.165, 1.54) is 0 Å². The smallest absolute Gasteiger partial charge is 0.254 e. The number of nitrogens with two attached hydrogens (primary N) is 1. The van der Waals surface area contributed by atoms with E-state index in [1.807, 2.05) is 59.5 Å². The van der Waals surface area contributed by atoms with Crippen molar-refractivity contribution in [2.24, 2.45) is 11.7 Å². The molecule has 1 amide bonds. The number of para-hydroxylation sites is 1. The van der Waals surface area contributed by atoms with Gasteiger partial charge in [0.05, 0.1) is 23.9 Å². The lowest BCUT2D eigenvalue weighted by molar-refractivity contribution is 0.0789. The van der Waals surface area contributed by atoms with Gasteiger partial charge in [0.2, 0.25) is 0 Å². The van der Waals surface area contributed by atoms with Crippen molar-refractivity contribution in [2.75, 3.05) is 26.7 Å². The summed E-state index contributed by atoms with van der Waals surface area (Å²) in [5.41, 5.74) is 9.05. The number of methoxy groups -OCH3 is 1.